The minimum atomic E-state index is 0.770. The van der Waals surface area contributed by atoms with Gasteiger partial charge in [-0.1, -0.05) is 0 Å². The lowest BCUT2D eigenvalue weighted by Crippen LogP contribution is -2.41. The van der Waals surface area contributed by atoms with Gasteiger partial charge in [-0.05, 0) is 24.3 Å². The fourth-order valence-electron chi connectivity index (χ4n) is 1.74. The molecule has 2 aliphatic rings. The molecule has 2 rings (SSSR count). The highest BCUT2D eigenvalue weighted by Crippen LogP contribution is 2.18. The van der Waals surface area contributed by atoms with Gasteiger partial charge in [-0.25, -0.2) is 0 Å². The van der Waals surface area contributed by atoms with Crippen LogP contribution in [0, 0.1) is 0 Å². The summed E-state index contributed by atoms with van der Waals surface area (Å²) in [5, 5.41) is 7.13. The molecule has 0 radical (unpaired) electrons. The van der Waals surface area contributed by atoms with Crippen molar-refractivity contribution in [3.63, 3.8) is 0 Å². The lowest BCUT2D eigenvalue weighted by Gasteiger charge is -2.15. The van der Waals surface area contributed by atoms with Gasteiger partial charge in [0.2, 0.25) is 0 Å². The Morgan fingerprint density at radius 3 is 1.85 bits per heavy atom. The average molecular weight is 218 g/mol. The topological polar surface area (TPSA) is 24.1 Å². The molecule has 2 heterocycles. The summed E-state index contributed by atoms with van der Waals surface area (Å²) >= 11 is 4.14. The first-order valence-corrected chi connectivity index (χ1v) is 7.38. The first-order valence-electron chi connectivity index (χ1n) is 5.07. The highest BCUT2D eigenvalue weighted by atomic mass is 32.2. The second kappa shape index (κ2) is 5.49. The van der Waals surface area contributed by atoms with Gasteiger partial charge in [-0.15, -0.1) is 0 Å². The van der Waals surface area contributed by atoms with Gasteiger partial charge in [-0.3, -0.25) is 0 Å². The van der Waals surface area contributed by atoms with Crippen molar-refractivity contribution < 1.29 is 0 Å². The molecular weight excluding hydrogens is 200 g/mol. The summed E-state index contributed by atoms with van der Waals surface area (Å²) in [5.41, 5.74) is 0. The Hall–Kier alpha value is 0.620. The van der Waals surface area contributed by atoms with E-state index >= 15 is 0 Å². The molecule has 0 saturated carbocycles. The van der Waals surface area contributed by atoms with Crippen molar-refractivity contribution in [3.05, 3.63) is 0 Å². The standard InChI is InChI=1S/C9H18N2S2/c1-3-12-5-8(1)10-7-11-9-2-4-13-6-9/h8-11H,1-7H2. The van der Waals surface area contributed by atoms with Gasteiger partial charge in [-0.2, -0.15) is 23.5 Å². The number of hydrogen-bond acceptors (Lipinski definition) is 4. The van der Waals surface area contributed by atoms with Crippen LogP contribution in [0.4, 0.5) is 0 Å². The quantitative estimate of drug-likeness (QED) is 0.691. The Balaban J connectivity index is 1.52. The minimum absolute atomic E-state index is 0.770. The summed E-state index contributed by atoms with van der Waals surface area (Å²) in [6, 6.07) is 1.54. The fraction of sp³-hybridized carbons (Fsp3) is 1.00. The average Bonchev–Trinajstić information content (AvgIpc) is 2.75. The zero-order chi connectivity index (χ0) is 8.93. The highest BCUT2D eigenvalue weighted by molar-refractivity contribution is 7.99. The Morgan fingerprint density at radius 1 is 0.923 bits per heavy atom. The number of rotatable bonds is 4. The maximum absolute atomic E-state index is 3.57. The molecule has 76 valence electrons. The third-order valence-corrected chi connectivity index (χ3v) is 4.97. The van der Waals surface area contributed by atoms with Crippen LogP contribution >= 0.6 is 23.5 Å². The van der Waals surface area contributed by atoms with Crippen molar-refractivity contribution in [2.75, 3.05) is 29.7 Å². The molecule has 0 amide bonds. The summed E-state index contributed by atoms with van der Waals surface area (Å²) in [4.78, 5) is 0. The first kappa shape index (κ1) is 10.1. The maximum Gasteiger partial charge on any atom is 0.0459 e. The van der Waals surface area contributed by atoms with E-state index < -0.39 is 0 Å². The van der Waals surface area contributed by atoms with E-state index in [-0.39, 0.29) is 0 Å². The molecule has 4 heteroatoms. The third kappa shape index (κ3) is 3.35. The van der Waals surface area contributed by atoms with Gasteiger partial charge in [0.1, 0.15) is 0 Å². The van der Waals surface area contributed by atoms with Gasteiger partial charge in [0, 0.05) is 30.3 Å². The van der Waals surface area contributed by atoms with Gasteiger partial charge < -0.3 is 10.6 Å². The van der Waals surface area contributed by atoms with E-state index in [9.17, 15) is 0 Å². The van der Waals surface area contributed by atoms with Crippen LogP contribution in [-0.2, 0) is 0 Å². The molecular formula is C9H18N2S2. The Bertz CT molecular complexity index is 127. The zero-order valence-electron chi connectivity index (χ0n) is 7.92. The minimum Gasteiger partial charge on any atom is -0.301 e. The Kier molecular flexibility index (Phi) is 4.28. The van der Waals surface area contributed by atoms with Gasteiger partial charge in [0.25, 0.3) is 0 Å². The fourth-order valence-corrected chi connectivity index (χ4v) is 4.11. The monoisotopic (exact) mass is 218 g/mol. The van der Waals surface area contributed by atoms with E-state index in [1.54, 1.807) is 0 Å². The van der Waals surface area contributed by atoms with E-state index in [0.717, 1.165) is 18.8 Å². The van der Waals surface area contributed by atoms with E-state index in [1.165, 1.54) is 35.9 Å². The molecule has 2 N–H and O–H groups in total. The molecule has 2 aliphatic heterocycles. The van der Waals surface area contributed by atoms with Gasteiger partial charge in [0.05, 0.1) is 0 Å². The van der Waals surface area contributed by atoms with Crippen molar-refractivity contribution in [1.29, 1.82) is 0 Å². The molecule has 0 aromatic carbocycles. The second-order valence-corrected chi connectivity index (χ2v) is 6.01. The van der Waals surface area contributed by atoms with Crippen molar-refractivity contribution in [2.45, 2.75) is 24.9 Å². The van der Waals surface area contributed by atoms with Crippen LogP contribution in [0.3, 0.4) is 0 Å². The highest BCUT2D eigenvalue weighted by Gasteiger charge is 2.16. The van der Waals surface area contributed by atoms with Crippen molar-refractivity contribution in [2.24, 2.45) is 0 Å². The summed E-state index contributed by atoms with van der Waals surface area (Å²) in [5.74, 6) is 5.30. The molecule has 2 saturated heterocycles. The maximum atomic E-state index is 3.57. The summed E-state index contributed by atoms with van der Waals surface area (Å²) in [6.07, 6.45) is 2.71. The van der Waals surface area contributed by atoms with Gasteiger partial charge in [0.15, 0.2) is 0 Å². The Morgan fingerprint density at radius 2 is 1.46 bits per heavy atom. The van der Waals surface area contributed by atoms with Crippen LogP contribution in [-0.4, -0.2) is 41.8 Å². The van der Waals surface area contributed by atoms with Crippen molar-refractivity contribution in [3.8, 4) is 0 Å². The molecule has 2 atom stereocenters. The van der Waals surface area contributed by atoms with Crippen LogP contribution < -0.4 is 10.6 Å². The largest absolute Gasteiger partial charge is 0.301 e. The smallest absolute Gasteiger partial charge is 0.0459 e. The third-order valence-electron chi connectivity index (χ3n) is 2.64. The van der Waals surface area contributed by atoms with Gasteiger partial charge >= 0.3 is 0 Å². The zero-order valence-corrected chi connectivity index (χ0v) is 9.55. The van der Waals surface area contributed by atoms with E-state index in [2.05, 4.69) is 34.2 Å². The molecule has 0 aliphatic carbocycles. The normalized spacial score (nSPS) is 34.2. The number of thioether (sulfide) groups is 2. The molecule has 0 spiro atoms. The summed E-state index contributed by atoms with van der Waals surface area (Å²) < 4.78 is 0. The molecule has 13 heavy (non-hydrogen) atoms. The molecule has 0 aromatic rings. The summed E-state index contributed by atoms with van der Waals surface area (Å²) in [6.45, 7) is 1.01. The number of nitrogens with one attached hydrogen (secondary N) is 2. The number of hydrogen-bond donors (Lipinski definition) is 2. The molecule has 0 bridgehead atoms. The van der Waals surface area contributed by atoms with Crippen molar-refractivity contribution in [1.82, 2.24) is 10.6 Å². The molecule has 2 unspecified atom stereocenters. The van der Waals surface area contributed by atoms with Crippen LogP contribution in [0.5, 0.6) is 0 Å². The summed E-state index contributed by atoms with van der Waals surface area (Å²) in [7, 11) is 0. The van der Waals surface area contributed by atoms with Crippen molar-refractivity contribution >= 4 is 23.5 Å². The molecule has 2 nitrogen and oxygen atoms in total. The van der Waals surface area contributed by atoms with E-state index in [0.29, 0.717) is 0 Å². The van der Waals surface area contributed by atoms with Crippen LogP contribution in [0.2, 0.25) is 0 Å². The van der Waals surface area contributed by atoms with E-state index in [4.69, 9.17) is 0 Å². The lowest BCUT2D eigenvalue weighted by atomic mass is 10.2. The molecule has 0 aromatic heterocycles. The van der Waals surface area contributed by atoms with E-state index in [1.807, 2.05) is 0 Å². The molecule has 2 fully saturated rings. The lowest BCUT2D eigenvalue weighted by molar-refractivity contribution is 0.466. The Labute approximate surface area is 89.0 Å². The SMILES string of the molecule is C(NC1CCSC1)NC1CCSC1. The predicted octanol–water partition coefficient (Wildman–Crippen LogP) is 1.13. The van der Waals surface area contributed by atoms with Crippen LogP contribution in [0.1, 0.15) is 12.8 Å². The predicted molar refractivity (Wildman–Crippen MR) is 62.6 cm³/mol. The first-order chi connectivity index (χ1) is 6.45. The van der Waals surface area contributed by atoms with Crippen LogP contribution in [0.25, 0.3) is 0 Å². The second-order valence-electron chi connectivity index (χ2n) is 3.71. The van der Waals surface area contributed by atoms with Crippen LogP contribution in [0.15, 0.2) is 0 Å².